The number of aromatic nitrogens is 2. The number of hydrogen-bond acceptors (Lipinski definition) is 5. The van der Waals surface area contributed by atoms with Crippen molar-refractivity contribution >= 4 is 11.9 Å². The van der Waals surface area contributed by atoms with Crippen molar-refractivity contribution in [3.63, 3.8) is 0 Å². The van der Waals surface area contributed by atoms with Gasteiger partial charge in [-0.2, -0.15) is 4.98 Å². The summed E-state index contributed by atoms with van der Waals surface area (Å²) >= 11 is 0. The van der Waals surface area contributed by atoms with E-state index in [1.54, 1.807) is 17.2 Å². The molecule has 0 amide bonds. The van der Waals surface area contributed by atoms with Gasteiger partial charge in [0.2, 0.25) is 11.8 Å². The van der Waals surface area contributed by atoms with Gasteiger partial charge in [0.15, 0.2) is 0 Å². The summed E-state index contributed by atoms with van der Waals surface area (Å²) in [6.07, 6.45) is 1.56. The van der Waals surface area contributed by atoms with Crippen LogP contribution in [0.25, 0.3) is 0 Å². The van der Waals surface area contributed by atoms with Crippen LogP contribution in [0.2, 0.25) is 0 Å². The van der Waals surface area contributed by atoms with Gasteiger partial charge in [-0.25, -0.2) is 4.98 Å². The smallest absolute Gasteiger partial charge is 0.323 e. The van der Waals surface area contributed by atoms with E-state index >= 15 is 0 Å². The highest BCUT2D eigenvalue weighted by Gasteiger charge is 2.26. The number of carbonyl (C=O) groups is 1. The summed E-state index contributed by atoms with van der Waals surface area (Å²) in [4.78, 5) is 20.9. The molecule has 6 nitrogen and oxygen atoms in total. The van der Waals surface area contributed by atoms with Crippen molar-refractivity contribution in [1.82, 2.24) is 9.97 Å². The van der Waals surface area contributed by atoms with Crippen LogP contribution in [0.3, 0.4) is 0 Å². The second-order valence-corrected chi connectivity index (χ2v) is 4.78. The highest BCUT2D eigenvalue weighted by Crippen LogP contribution is 2.21. The zero-order chi connectivity index (χ0) is 13.8. The molecular weight excluding hydrogens is 234 g/mol. The summed E-state index contributed by atoms with van der Waals surface area (Å²) in [7, 11) is 0. The Balaban J connectivity index is 3.04. The Morgan fingerprint density at radius 3 is 2.67 bits per heavy atom. The maximum Gasteiger partial charge on any atom is 0.323 e. The van der Waals surface area contributed by atoms with E-state index in [4.69, 9.17) is 9.84 Å². The zero-order valence-electron chi connectivity index (χ0n) is 11.2. The molecule has 0 radical (unpaired) electrons. The predicted molar refractivity (Wildman–Crippen MR) is 67.9 cm³/mol. The standard InChI is InChI=1S/C12H19N3O3/c1-5-18-9-6-7-13-11(14-9)15(8-10(16)17)12(2,3)4/h6-7H,5,8H2,1-4H3,(H,16,17). The minimum Gasteiger partial charge on any atom is -0.480 e. The van der Waals surface area contributed by atoms with Gasteiger partial charge >= 0.3 is 5.97 Å². The Bertz CT molecular complexity index is 415. The molecule has 1 rings (SSSR count). The first-order valence-corrected chi connectivity index (χ1v) is 5.80. The number of nitrogens with zero attached hydrogens (tertiary/aromatic N) is 3. The van der Waals surface area contributed by atoms with Crippen molar-refractivity contribution in [2.75, 3.05) is 18.1 Å². The highest BCUT2D eigenvalue weighted by atomic mass is 16.5. The van der Waals surface area contributed by atoms with Crippen molar-refractivity contribution < 1.29 is 14.6 Å². The molecule has 0 spiro atoms. The monoisotopic (exact) mass is 253 g/mol. The van der Waals surface area contributed by atoms with Crippen molar-refractivity contribution in [1.29, 1.82) is 0 Å². The van der Waals surface area contributed by atoms with Crippen LogP contribution in [0.1, 0.15) is 27.7 Å². The summed E-state index contributed by atoms with van der Waals surface area (Å²) in [6.45, 7) is 7.94. The molecule has 0 aliphatic heterocycles. The molecule has 1 aromatic heterocycles. The van der Waals surface area contributed by atoms with Crippen molar-refractivity contribution in [3.8, 4) is 5.88 Å². The summed E-state index contributed by atoms with van der Waals surface area (Å²) in [5.41, 5.74) is -0.386. The number of carboxylic acid groups (broad SMARTS) is 1. The summed E-state index contributed by atoms with van der Waals surface area (Å²) < 4.78 is 5.29. The molecule has 0 saturated heterocycles. The highest BCUT2D eigenvalue weighted by molar-refractivity contribution is 5.73. The lowest BCUT2D eigenvalue weighted by molar-refractivity contribution is -0.135. The third kappa shape index (κ3) is 3.87. The minimum absolute atomic E-state index is 0.154. The fourth-order valence-electron chi connectivity index (χ4n) is 1.43. The molecular formula is C12H19N3O3. The molecule has 0 aliphatic carbocycles. The van der Waals surface area contributed by atoms with Crippen molar-refractivity contribution in [2.24, 2.45) is 0 Å². The summed E-state index contributed by atoms with van der Waals surface area (Å²) in [6, 6.07) is 1.65. The van der Waals surface area contributed by atoms with Crippen LogP contribution in [-0.4, -0.2) is 39.7 Å². The lowest BCUT2D eigenvalue weighted by Gasteiger charge is -2.34. The van der Waals surface area contributed by atoms with E-state index in [0.29, 0.717) is 18.4 Å². The van der Waals surface area contributed by atoms with Gasteiger partial charge in [-0.05, 0) is 27.7 Å². The van der Waals surface area contributed by atoms with Crippen LogP contribution in [-0.2, 0) is 4.79 Å². The largest absolute Gasteiger partial charge is 0.480 e. The maximum absolute atomic E-state index is 10.9. The number of hydrogen-bond donors (Lipinski definition) is 1. The molecule has 1 aromatic rings. The van der Waals surface area contributed by atoms with E-state index in [1.807, 2.05) is 27.7 Å². The first kappa shape index (κ1) is 14.2. The number of rotatable bonds is 5. The molecule has 0 unspecified atom stereocenters. The van der Waals surface area contributed by atoms with Crippen LogP contribution in [0.15, 0.2) is 12.3 Å². The molecule has 0 aromatic carbocycles. The zero-order valence-corrected chi connectivity index (χ0v) is 11.2. The molecule has 100 valence electrons. The van der Waals surface area contributed by atoms with E-state index in [9.17, 15) is 4.79 Å². The predicted octanol–water partition coefficient (Wildman–Crippen LogP) is 1.56. The fourth-order valence-corrected chi connectivity index (χ4v) is 1.43. The van der Waals surface area contributed by atoms with Crippen molar-refractivity contribution in [3.05, 3.63) is 12.3 Å². The molecule has 0 fully saturated rings. The average Bonchev–Trinajstić information content (AvgIpc) is 2.25. The summed E-state index contributed by atoms with van der Waals surface area (Å²) in [5, 5.41) is 8.95. The van der Waals surface area contributed by atoms with Gasteiger partial charge in [0.05, 0.1) is 6.61 Å². The van der Waals surface area contributed by atoms with Gasteiger partial charge in [-0.1, -0.05) is 0 Å². The Kier molecular flexibility index (Phi) is 4.47. The second kappa shape index (κ2) is 5.66. The van der Waals surface area contributed by atoms with Crippen LogP contribution in [0.4, 0.5) is 5.95 Å². The number of anilines is 1. The second-order valence-electron chi connectivity index (χ2n) is 4.78. The van der Waals surface area contributed by atoms with Gasteiger partial charge in [0.1, 0.15) is 6.54 Å². The molecule has 0 atom stereocenters. The molecule has 18 heavy (non-hydrogen) atoms. The van der Waals surface area contributed by atoms with Gasteiger partial charge in [0, 0.05) is 17.8 Å². The van der Waals surface area contributed by atoms with Gasteiger partial charge in [-0.3, -0.25) is 4.79 Å². The van der Waals surface area contributed by atoms with E-state index in [2.05, 4.69) is 9.97 Å². The fraction of sp³-hybridized carbons (Fsp3) is 0.583. The molecule has 6 heteroatoms. The van der Waals surface area contributed by atoms with Gasteiger partial charge in [0.25, 0.3) is 0 Å². The molecule has 0 aliphatic rings. The van der Waals surface area contributed by atoms with Crippen LogP contribution in [0.5, 0.6) is 5.88 Å². The average molecular weight is 253 g/mol. The maximum atomic E-state index is 10.9. The van der Waals surface area contributed by atoms with Crippen LogP contribution in [0, 0.1) is 0 Å². The van der Waals surface area contributed by atoms with Crippen LogP contribution >= 0.6 is 0 Å². The molecule has 1 N–H and O–H groups in total. The number of ether oxygens (including phenoxy) is 1. The van der Waals surface area contributed by atoms with E-state index in [1.165, 1.54) is 0 Å². The van der Waals surface area contributed by atoms with Crippen molar-refractivity contribution in [2.45, 2.75) is 33.2 Å². The lowest BCUT2D eigenvalue weighted by Crippen LogP contribution is -2.45. The third-order valence-corrected chi connectivity index (χ3v) is 2.25. The Morgan fingerprint density at radius 1 is 1.50 bits per heavy atom. The van der Waals surface area contributed by atoms with Gasteiger partial charge in [-0.15, -0.1) is 0 Å². The molecule has 0 saturated carbocycles. The first-order chi connectivity index (χ1) is 8.34. The van der Waals surface area contributed by atoms with E-state index in [-0.39, 0.29) is 12.1 Å². The number of carboxylic acids is 1. The quantitative estimate of drug-likeness (QED) is 0.858. The Hall–Kier alpha value is -1.85. The van der Waals surface area contributed by atoms with E-state index < -0.39 is 5.97 Å². The first-order valence-electron chi connectivity index (χ1n) is 5.80. The van der Waals surface area contributed by atoms with E-state index in [0.717, 1.165) is 0 Å². The summed E-state index contributed by atoms with van der Waals surface area (Å²) in [5.74, 6) is -0.117. The molecule has 0 bridgehead atoms. The SMILES string of the molecule is CCOc1ccnc(N(CC(=O)O)C(C)(C)C)n1. The minimum atomic E-state index is -0.921. The normalized spacial score (nSPS) is 11.1. The lowest BCUT2D eigenvalue weighted by atomic mass is 10.1. The van der Waals surface area contributed by atoms with Crippen LogP contribution < -0.4 is 9.64 Å². The molecule has 1 heterocycles. The third-order valence-electron chi connectivity index (χ3n) is 2.25. The Morgan fingerprint density at radius 2 is 2.17 bits per heavy atom. The number of aliphatic carboxylic acids is 1. The Labute approximate surface area is 107 Å². The topological polar surface area (TPSA) is 75.5 Å². The van der Waals surface area contributed by atoms with Gasteiger partial charge < -0.3 is 14.7 Å².